The molecule has 3 rings (SSSR count). The molecule has 0 radical (unpaired) electrons. The van der Waals surface area contributed by atoms with Gasteiger partial charge in [0, 0.05) is 43.9 Å². The van der Waals surface area contributed by atoms with E-state index in [0.717, 1.165) is 19.4 Å². The first-order chi connectivity index (χ1) is 14.5. The van der Waals surface area contributed by atoms with Crippen molar-refractivity contribution < 1.29 is 18.6 Å². The molecule has 0 amide bonds. The monoisotopic (exact) mass is 418 g/mol. The fraction of sp³-hybridized carbons (Fsp3) is 0.409. The predicted octanol–water partition coefficient (Wildman–Crippen LogP) is 3.01. The number of halogens is 2. The first-order valence-electron chi connectivity index (χ1n) is 9.98. The van der Waals surface area contributed by atoms with Gasteiger partial charge in [-0.3, -0.25) is 9.89 Å². The van der Waals surface area contributed by atoms with Gasteiger partial charge in [0.05, 0.1) is 7.11 Å². The van der Waals surface area contributed by atoms with Crippen LogP contribution in [0.1, 0.15) is 24.0 Å². The number of benzene rings is 2. The third-order valence-electron chi connectivity index (χ3n) is 5.25. The molecule has 0 spiro atoms. The highest BCUT2D eigenvalue weighted by atomic mass is 19.1. The van der Waals surface area contributed by atoms with Gasteiger partial charge in [-0.1, -0.05) is 6.07 Å². The van der Waals surface area contributed by atoms with Crippen LogP contribution >= 0.6 is 0 Å². The van der Waals surface area contributed by atoms with E-state index in [1.165, 1.54) is 18.2 Å². The largest absolute Gasteiger partial charge is 0.508 e. The molecular formula is C22H28F2N4O2. The number of aliphatic imine (C=N–C) groups is 1. The zero-order valence-corrected chi connectivity index (χ0v) is 17.3. The zero-order chi connectivity index (χ0) is 21.5. The second-order valence-electron chi connectivity index (χ2n) is 7.34. The number of nitrogens with zero attached hydrogens (tertiary/aromatic N) is 2. The molecule has 30 heavy (non-hydrogen) atoms. The van der Waals surface area contributed by atoms with Gasteiger partial charge in [-0.15, -0.1) is 0 Å². The maximum atomic E-state index is 14.0. The van der Waals surface area contributed by atoms with Crippen molar-refractivity contribution in [1.82, 2.24) is 15.5 Å². The third-order valence-corrected chi connectivity index (χ3v) is 5.25. The Morgan fingerprint density at radius 3 is 2.73 bits per heavy atom. The quantitative estimate of drug-likeness (QED) is 0.497. The van der Waals surface area contributed by atoms with Gasteiger partial charge >= 0.3 is 0 Å². The Morgan fingerprint density at radius 1 is 1.27 bits per heavy atom. The van der Waals surface area contributed by atoms with Gasteiger partial charge in [-0.05, 0) is 49.7 Å². The highest BCUT2D eigenvalue weighted by Crippen LogP contribution is 2.22. The van der Waals surface area contributed by atoms with Crippen molar-refractivity contribution in [3.05, 3.63) is 59.2 Å². The molecular weight excluding hydrogens is 390 g/mol. The number of hydrogen-bond acceptors (Lipinski definition) is 4. The molecule has 162 valence electrons. The van der Waals surface area contributed by atoms with Crippen LogP contribution in [0.25, 0.3) is 0 Å². The van der Waals surface area contributed by atoms with E-state index in [-0.39, 0.29) is 23.9 Å². The Balaban J connectivity index is 1.56. The predicted molar refractivity (Wildman–Crippen MR) is 113 cm³/mol. The number of piperidine rings is 1. The average Bonchev–Trinajstić information content (AvgIpc) is 2.75. The van der Waals surface area contributed by atoms with E-state index in [1.54, 1.807) is 32.4 Å². The summed E-state index contributed by atoms with van der Waals surface area (Å²) >= 11 is 0. The second-order valence-corrected chi connectivity index (χ2v) is 7.34. The molecule has 1 saturated heterocycles. The first-order valence-corrected chi connectivity index (χ1v) is 9.98. The molecule has 0 saturated carbocycles. The number of phenols is 1. The highest BCUT2D eigenvalue weighted by molar-refractivity contribution is 5.80. The first kappa shape index (κ1) is 21.8. The molecule has 0 aromatic heterocycles. The van der Waals surface area contributed by atoms with Crippen molar-refractivity contribution >= 4 is 5.96 Å². The zero-order valence-electron chi connectivity index (χ0n) is 17.3. The molecule has 2 aromatic carbocycles. The fourth-order valence-corrected chi connectivity index (χ4v) is 3.62. The second kappa shape index (κ2) is 10.2. The van der Waals surface area contributed by atoms with Gasteiger partial charge in [-0.25, -0.2) is 8.78 Å². The molecule has 1 atom stereocenters. The number of rotatable bonds is 6. The summed E-state index contributed by atoms with van der Waals surface area (Å²) in [7, 11) is 3.25. The smallest absolute Gasteiger partial charge is 0.191 e. The minimum absolute atomic E-state index is 0.0960. The summed E-state index contributed by atoms with van der Waals surface area (Å²) in [5, 5.41) is 16.6. The van der Waals surface area contributed by atoms with Crippen LogP contribution in [0.5, 0.6) is 11.5 Å². The van der Waals surface area contributed by atoms with E-state index in [2.05, 4.69) is 15.6 Å². The Kier molecular flexibility index (Phi) is 7.46. The van der Waals surface area contributed by atoms with E-state index in [9.17, 15) is 13.9 Å². The lowest BCUT2D eigenvalue weighted by molar-refractivity contribution is 0.188. The number of aromatic hydroxyl groups is 1. The maximum absolute atomic E-state index is 14.0. The lowest BCUT2D eigenvalue weighted by Crippen LogP contribution is -2.50. The summed E-state index contributed by atoms with van der Waals surface area (Å²) in [6, 6.07) is 9.10. The Hall–Kier alpha value is -2.87. The van der Waals surface area contributed by atoms with Crippen molar-refractivity contribution in [1.29, 1.82) is 0 Å². The normalized spacial score (nSPS) is 17.6. The Labute approximate surface area is 175 Å². The fourth-order valence-electron chi connectivity index (χ4n) is 3.62. The molecule has 6 nitrogen and oxygen atoms in total. The van der Waals surface area contributed by atoms with E-state index in [0.29, 0.717) is 30.4 Å². The molecule has 1 aliphatic heterocycles. The van der Waals surface area contributed by atoms with Crippen molar-refractivity contribution in [3.63, 3.8) is 0 Å². The minimum atomic E-state index is -0.513. The van der Waals surface area contributed by atoms with Crippen LogP contribution in [0, 0.1) is 11.6 Å². The van der Waals surface area contributed by atoms with Gasteiger partial charge < -0.3 is 20.5 Å². The molecule has 1 heterocycles. The van der Waals surface area contributed by atoms with E-state index in [4.69, 9.17) is 4.74 Å². The van der Waals surface area contributed by atoms with Crippen LogP contribution in [0.4, 0.5) is 8.78 Å². The average molecular weight is 418 g/mol. The lowest BCUT2D eigenvalue weighted by atomic mass is 10.0. The van der Waals surface area contributed by atoms with Crippen molar-refractivity contribution in [2.24, 2.45) is 4.99 Å². The number of methoxy groups -OCH3 is 1. The topological polar surface area (TPSA) is 69.1 Å². The summed E-state index contributed by atoms with van der Waals surface area (Å²) < 4.78 is 33.1. The molecule has 2 aromatic rings. The number of likely N-dealkylation sites (tertiary alicyclic amines) is 1. The minimum Gasteiger partial charge on any atom is -0.508 e. The molecule has 1 unspecified atom stereocenters. The number of phenolic OH excluding ortho intramolecular Hbond substituents is 1. The van der Waals surface area contributed by atoms with Crippen LogP contribution in [0.15, 0.2) is 41.4 Å². The van der Waals surface area contributed by atoms with Gasteiger partial charge in [0.15, 0.2) is 5.96 Å². The van der Waals surface area contributed by atoms with Crippen LogP contribution < -0.4 is 15.4 Å². The summed E-state index contributed by atoms with van der Waals surface area (Å²) in [5.41, 5.74) is 0.798. The number of nitrogens with one attached hydrogen (secondary N) is 2. The summed E-state index contributed by atoms with van der Waals surface area (Å²) in [4.78, 5) is 6.30. The van der Waals surface area contributed by atoms with Gasteiger partial charge in [0.2, 0.25) is 0 Å². The molecule has 1 aliphatic rings. The van der Waals surface area contributed by atoms with Crippen LogP contribution in [0.3, 0.4) is 0 Å². The molecule has 3 N–H and O–H groups in total. The van der Waals surface area contributed by atoms with Crippen LogP contribution in [-0.2, 0) is 13.1 Å². The van der Waals surface area contributed by atoms with Gasteiger partial charge in [0.25, 0.3) is 0 Å². The third kappa shape index (κ3) is 5.60. The number of hydrogen-bond donors (Lipinski definition) is 3. The SMILES string of the molecule is CN=C(NCc1cc(OC)ccc1O)NC1CCCN(Cc2c(F)cccc2F)C1. The highest BCUT2D eigenvalue weighted by Gasteiger charge is 2.22. The maximum Gasteiger partial charge on any atom is 0.191 e. The van der Waals surface area contributed by atoms with Crippen molar-refractivity contribution in [2.75, 3.05) is 27.2 Å². The molecule has 1 fully saturated rings. The van der Waals surface area contributed by atoms with E-state index < -0.39 is 11.6 Å². The summed E-state index contributed by atoms with van der Waals surface area (Å²) in [6.07, 6.45) is 1.85. The van der Waals surface area contributed by atoms with Crippen molar-refractivity contribution in [3.8, 4) is 11.5 Å². The number of ether oxygens (including phenoxy) is 1. The Bertz CT molecular complexity index is 871. The van der Waals surface area contributed by atoms with Gasteiger partial charge in [-0.2, -0.15) is 0 Å². The van der Waals surface area contributed by atoms with E-state index in [1.807, 2.05) is 4.90 Å². The molecule has 8 heteroatoms. The lowest BCUT2D eigenvalue weighted by Gasteiger charge is -2.34. The van der Waals surface area contributed by atoms with Crippen molar-refractivity contribution in [2.45, 2.75) is 32.0 Å². The van der Waals surface area contributed by atoms with Crippen LogP contribution in [0.2, 0.25) is 0 Å². The van der Waals surface area contributed by atoms with Crippen LogP contribution in [-0.4, -0.2) is 49.3 Å². The van der Waals surface area contributed by atoms with E-state index >= 15 is 0 Å². The standard InChI is InChI=1S/C22H28F2N4O2/c1-25-22(26-12-15-11-17(30-2)8-9-21(15)29)27-16-5-4-10-28(13-16)14-18-19(23)6-3-7-20(18)24/h3,6-9,11,16,29H,4-5,10,12-14H2,1-2H3,(H2,25,26,27). The molecule has 0 bridgehead atoms. The number of guanidine groups is 1. The van der Waals surface area contributed by atoms with Gasteiger partial charge in [0.1, 0.15) is 23.1 Å². The summed E-state index contributed by atoms with van der Waals surface area (Å²) in [6.45, 7) is 2.05. The summed E-state index contributed by atoms with van der Waals surface area (Å²) in [5.74, 6) is 0.410. The Morgan fingerprint density at radius 2 is 2.03 bits per heavy atom. The molecule has 0 aliphatic carbocycles.